The Bertz CT molecular complexity index is 1560. The van der Waals surface area contributed by atoms with Crippen molar-refractivity contribution >= 4 is 22.6 Å². The second-order valence-corrected chi connectivity index (χ2v) is 12.5. The second-order valence-electron chi connectivity index (χ2n) is 12.5. The van der Waals surface area contributed by atoms with Crippen LogP contribution < -0.4 is 10.9 Å². The smallest absolute Gasteiger partial charge is 0.272 e. The van der Waals surface area contributed by atoms with Gasteiger partial charge in [-0.05, 0) is 69.5 Å². The van der Waals surface area contributed by atoms with Gasteiger partial charge in [-0.1, -0.05) is 24.3 Å². The van der Waals surface area contributed by atoms with Crippen LogP contribution in [0.15, 0.2) is 47.3 Å². The molecule has 0 unspecified atom stereocenters. The number of piperazine rings is 1. The van der Waals surface area contributed by atoms with Gasteiger partial charge in [-0.3, -0.25) is 19.3 Å². The molecule has 234 valence electrons. The fourth-order valence-corrected chi connectivity index (χ4v) is 6.58. The Morgan fingerprint density at radius 3 is 2.39 bits per heavy atom. The van der Waals surface area contributed by atoms with Crippen LogP contribution in [0.1, 0.15) is 54.2 Å². The quantitative estimate of drug-likeness (QED) is 0.427. The topological polar surface area (TPSA) is 111 Å². The van der Waals surface area contributed by atoms with Crippen molar-refractivity contribution in [2.75, 3.05) is 58.9 Å². The lowest BCUT2D eigenvalue weighted by molar-refractivity contribution is -0.139. The third kappa shape index (κ3) is 6.85. The number of likely N-dealkylation sites (tertiary alicyclic amines) is 1. The van der Waals surface area contributed by atoms with E-state index >= 15 is 0 Å². The van der Waals surface area contributed by atoms with E-state index < -0.39 is 5.82 Å². The van der Waals surface area contributed by atoms with Crippen LogP contribution in [0.4, 0.5) is 4.39 Å². The maximum atomic E-state index is 14.9. The van der Waals surface area contributed by atoms with Crippen molar-refractivity contribution in [3.63, 3.8) is 0 Å². The molecule has 4 heterocycles. The number of aromatic amines is 1. The molecule has 0 spiro atoms. The van der Waals surface area contributed by atoms with Crippen LogP contribution in [0, 0.1) is 5.82 Å². The molecule has 2 aromatic carbocycles. The molecule has 6 rings (SSSR count). The number of fused-ring (bicyclic) bond motifs is 1. The molecule has 10 nitrogen and oxygen atoms in total. The Kier molecular flexibility index (Phi) is 9.06. The highest BCUT2D eigenvalue weighted by atomic mass is 19.1. The number of aromatic nitrogens is 2. The lowest BCUT2D eigenvalue weighted by Gasteiger charge is -2.42. The molecule has 3 aliphatic heterocycles. The minimum atomic E-state index is -0.585. The number of benzene rings is 2. The van der Waals surface area contributed by atoms with Crippen molar-refractivity contribution in [1.29, 1.82) is 0 Å². The van der Waals surface area contributed by atoms with Gasteiger partial charge in [-0.2, -0.15) is 5.10 Å². The average molecular weight is 605 g/mol. The predicted octanol–water partition coefficient (Wildman–Crippen LogP) is 2.56. The van der Waals surface area contributed by atoms with Gasteiger partial charge in [-0.25, -0.2) is 9.49 Å². The molecule has 1 aromatic heterocycles. The van der Waals surface area contributed by atoms with Gasteiger partial charge in [0.1, 0.15) is 5.82 Å². The molecule has 0 radical (unpaired) electrons. The predicted molar refractivity (Wildman–Crippen MR) is 165 cm³/mol. The highest BCUT2D eigenvalue weighted by Crippen LogP contribution is 2.29. The molecule has 2 amide bonds. The highest BCUT2D eigenvalue weighted by molar-refractivity contribution is 5.95. The van der Waals surface area contributed by atoms with Gasteiger partial charge in [-0.15, -0.1) is 0 Å². The largest absolute Gasteiger partial charge is 0.372 e. The lowest BCUT2D eigenvalue weighted by atomic mass is 9.92. The first-order valence-electron chi connectivity index (χ1n) is 15.7. The van der Waals surface area contributed by atoms with Crippen molar-refractivity contribution in [2.45, 2.75) is 50.7 Å². The summed E-state index contributed by atoms with van der Waals surface area (Å²) in [5.74, 6) is -0.911. The van der Waals surface area contributed by atoms with Gasteiger partial charge in [0, 0.05) is 51.1 Å². The number of halogens is 1. The molecule has 11 heteroatoms. The van der Waals surface area contributed by atoms with Gasteiger partial charge >= 0.3 is 0 Å². The molecule has 0 aliphatic carbocycles. The Balaban J connectivity index is 1.01. The van der Waals surface area contributed by atoms with Crippen LogP contribution in [-0.4, -0.2) is 107 Å². The number of ether oxygens (including phenoxy) is 1. The lowest BCUT2D eigenvalue weighted by Crippen LogP contribution is -2.54. The third-order valence-corrected chi connectivity index (χ3v) is 9.34. The van der Waals surface area contributed by atoms with Gasteiger partial charge < -0.3 is 19.9 Å². The summed E-state index contributed by atoms with van der Waals surface area (Å²) in [6.45, 7) is 7.77. The second kappa shape index (κ2) is 13.1. The normalized spacial score (nSPS) is 19.8. The van der Waals surface area contributed by atoms with Crippen molar-refractivity contribution in [1.82, 2.24) is 30.2 Å². The Morgan fingerprint density at radius 2 is 1.66 bits per heavy atom. The monoisotopic (exact) mass is 604 g/mol. The Labute approximate surface area is 256 Å². The minimum Gasteiger partial charge on any atom is -0.372 e. The zero-order valence-electron chi connectivity index (χ0n) is 25.3. The summed E-state index contributed by atoms with van der Waals surface area (Å²) in [5.41, 5.74) is 0.953. The molecule has 3 saturated heterocycles. The van der Waals surface area contributed by atoms with E-state index in [-0.39, 0.29) is 28.5 Å². The van der Waals surface area contributed by atoms with E-state index in [1.807, 2.05) is 17.0 Å². The molecule has 3 aliphatic rings. The van der Waals surface area contributed by atoms with Gasteiger partial charge in [0.2, 0.25) is 5.91 Å². The van der Waals surface area contributed by atoms with Crippen molar-refractivity contribution in [3.8, 4) is 0 Å². The van der Waals surface area contributed by atoms with E-state index in [0.717, 1.165) is 57.2 Å². The number of carbonyl (C=O) groups is 2. The fourth-order valence-electron chi connectivity index (χ4n) is 6.58. The first-order valence-corrected chi connectivity index (χ1v) is 15.7. The summed E-state index contributed by atoms with van der Waals surface area (Å²) in [4.78, 5) is 44.3. The standard InChI is InChI=1S/C33H41FN6O4/c1-33(44-24-8-12-35-13-9-24)10-14-38(15-11-33)22-30(41)39-16-18-40(19-17-39)32(43)27-20-23(6-7-28(27)34)21-29-25-4-2-3-5-26(25)31(42)37-36-29/h2-7,20,24,35H,8-19,21-22H2,1H3,(H,37,42). The van der Waals surface area contributed by atoms with Crippen molar-refractivity contribution < 1.29 is 18.7 Å². The number of H-pyrrole nitrogens is 1. The fraction of sp³-hybridized carbons (Fsp3) is 0.515. The molecule has 3 fully saturated rings. The molecular formula is C33H41FN6O4. The summed E-state index contributed by atoms with van der Waals surface area (Å²) in [6.07, 6.45) is 4.57. The van der Waals surface area contributed by atoms with E-state index in [2.05, 4.69) is 27.3 Å². The molecule has 3 aromatic rings. The molecule has 0 saturated carbocycles. The SMILES string of the molecule is CC1(OC2CCNCC2)CCN(CC(=O)N2CCN(C(=O)c3cc(Cc4n[nH]c(=O)c5ccccc45)ccc3F)CC2)CC1. The number of hydrogen-bond donors (Lipinski definition) is 2. The number of piperidine rings is 2. The van der Waals surface area contributed by atoms with E-state index in [1.165, 1.54) is 6.07 Å². The number of hydrogen-bond acceptors (Lipinski definition) is 7. The minimum absolute atomic E-state index is 0.000851. The van der Waals surface area contributed by atoms with Gasteiger partial charge in [0.25, 0.3) is 11.5 Å². The van der Waals surface area contributed by atoms with Crippen LogP contribution in [-0.2, 0) is 16.0 Å². The van der Waals surface area contributed by atoms with Crippen LogP contribution in [0.25, 0.3) is 10.8 Å². The molecule has 0 bridgehead atoms. The van der Waals surface area contributed by atoms with Crippen LogP contribution in [0.3, 0.4) is 0 Å². The zero-order valence-corrected chi connectivity index (χ0v) is 25.3. The molecule has 0 atom stereocenters. The summed E-state index contributed by atoms with van der Waals surface area (Å²) in [5, 5.41) is 11.4. The van der Waals surface area contributed by atoms with Gasteiger partial charge in [0.15, 0.2) is 0 Å². The summed E-state index contributed by atoms with van der Waals surface area (Å²) in [6, 6.07) is 11.7. The maximum Gasteiger partial charge on any atom is 0.272 e. The summed E-state index contributed by atoms with van der Waals surface area (Å²) < 4.78 is 21.4. The Hall–Kier alpha value is -3.67. The van der Waals surface area contributed by atoms with Gasteiger partial charge in [0.05, 0.1) is 34.9 Å². The van der Waals surface area contributed by atoms with Crippen molar-refractivity contribution in [3.05, 3.63) is 75.5 Å². The summed E-state index contributed by atoms with van der Waals surface area (Å²) >= 11 is 0. The van der Waals surface area contributed by atoms with E-state index in [4.69, 9.17) is 4.74 Å². The number of carbonyl (C=O) groups excluding carboxylic acids is 2. The van der Waals surface area contributed by atoms with Crippen LogP contribution >= 0.6 is 0 Å². The van der Waals surface area contributed by atoms with E-state index in [1.54, 1.807) is 29.2 Å². The maximum absolute atomic E-state index is 14.9. The van der Waals surface area contributed by atoms with Crippen molar-refractivity contribution in [2.24, 2.45) is 0 Å². The van der Waals surface area contributed by atoms with E-state index in [0.29, 0.717) is 61.9 Å². The average Bonchev–Trinajstić information content (AvgIpc) is 3.05. The number of rotatable bonds is 7. The zero-order chi connectivity index (χ0) is 30.7. The summed E-state index contributed by atoms with van der Waals surface area (Å²) in [7, 11) is 0. The number of amides is 2. The first-order chi connectivity index (χ1) is 21.3. The first kappa shape index (κ1) is 30.4. The molecule has 2 N–H and O–H groups in total. The molecule has 44 heavy (non-hydrogen) atoms. The molecular weight excluding hydrogens is 563 g/mol. The highest BCUT2D eigenvalue weighted by Gasteiger charge is 2.35. The van der Waals surface area contributed by atoms with Crippen LogP contribution in [0.5, 0.6) is 0 Å². The number of nitrogens with zero attached hydrogens (tertiary/aromatic N) is 4. The number of nitrogens with one attached hydrogen (secondary N) is 2. The third-order valence-electron chi connectivity index (χ3n) is 9.34. The van der Waals surface area contributed by atoms with E-state index in [9.17, 15) is 18.8 Å². The van der Waals surface area contributed by atoms with Crippen LogP contribution in [0.2, 0.25) is 0 Å². The Morgan fingerprint density at radius 1 is 0.977 bits per heavy atom.